The van der Waals surface area contributed by atoms with E-state index in [1.165, 1.54) is 3.87 Å². The van der Waals surface area contributed by atoms with Crippen molar-refractivity contribution in [3.8, 4) is 0 Å². The molecule has 0 fully saturated rings. The fraction of sp³-hybridized carbons (Fsp3) is 0.300. The van der Waals surface area contributed by atoms with E-state index in [9.17, 15) is 4.79 Å². The van der Waals surface area contributed by atoms with E-state index >= 15 is 0 Å². The maximum absolute atomic E-state index is 11.4. The Labute approximate surface area is 98.5 Å². The van der Waals surface area contributed by atoms with Gasteiger partial charge in [-0.3, -0.25) is 0 Å². The average molecular weight is 246 g/mol. The van der Waals surface area contributed by atoms with Crippen LogP contribution >= 0.6 is 11.6 Å². The van der Waals surface area contributed by atoms with E-state index in [1.54, 1.807) is 0 Å². The number of alkyl halides is 1. The molecule has 1 amide bonds. The third-order valence-electron chi connectivity index (χ3n) is 1.75. The van der Waals surface area contributed by atoms with E-state index in [4.69, 9.17) is 11.6 Å². The van der Waals surface area contributed by atoms with Crippen molar-refractivity contribution in [1.29, 1.82) is 0 Å². The van der Waals surface area contributed by atoms with Gasteiger partial charge in [-0.25, -0.2) is 0 Å². The molecule has 0 spiro atoms. The molecule has 0 saturated carbocycles. The molecule has 4 heteroatoms. The summed E-state index contributed by atoms with van der Waals surface area (Å²) in [7, 11) is 1.85. The molecule has 0 atom stereocenters. The van der Waals surface area contributed by atoms with Crippen LogP contribution in [0.25, 0.3) is 0 Å². The van der Waals surface area contributed by atoms with Crippen molar-refractivity contribution >= 4 is 21.4 Å². The van der Waals surface area contributed by atoms with E-state index in [0.29, 0.717) is 12.3 Å². The second kappa shape index (κ2) is 6.23. The molecule has 0 heterocycles. The van der Waals surface area contributed by atoms with Crippen LogP contribution in [-0.2, 0) is 24.2 Å². The second-order valence-electron chi connectivity index (χ2n) is 2.87. The summed E-state index contributed by atoms with van der Waals surface area (Å²) in [5, 5.41) is 0. The topological polar surface area (TPSA) is 20.3 Å². The first-order valence-electron chi connectivity index (χ1n) is 4.38. The molecule has 0 aliphatic rings. The Balaban J connectivity index is 2.49. The zero-order valence-corrected chi connectivity index (χ0v) is 10.4. The summed E-state index contributed by atoms with van der Waals surface area (Å²) >= 11 is 5.01. The molecule has 1 rings (SSSR count). The van der Waals surface area contributed by atoms with Crippen LogP contribution in [-0.4, -0.2) is 22.2 Å². The van der Waals surface area contributed by atoms with E-state index in [-0.39, 0.29) is 5.91 Å². The quantitative estimate of drug-likeness (QED) is 0.580. The third kappa shape index (κ3) is 3.83. The molecule has 74 valence electrons. The summed E-state index contributed by atoms with van der Waals surface area (Å²) in [4.78, 5) is 11.4. The SMILES string of the molecule is C[N]([Ti][c]1ccccc1)C(=O)CCCl. The van der Waals surface area contributed by atoms with Crippen LogP contribution in [0.2, 0.25) is 0 Å². The summed E-state index contributed by atoms with van der Waals surface area (Å²) in [6, 6.07) is 10.1. The molecule has 0 aromatic heterocycles. The summed E-state index contributed by atoms with van der Waals surface area (Å²) < 4.78 is 3.08. The van der Waals surface area contributed by atoms with Crippen LogP contribution in [0.1, 0.15) is 6.42 Å². The zero-order valence-electron chi connectivity index (χ0n) is 8.03. The number of amides is 1. The van der Waals surface area contributed by atoms with Crippen LogP contribution < -0.4 is 3.87 Å². The van der Waals surface area contributed by atoms with Crippen molar-refractivity contribution in [3.63, 3.8) is 0 Å². The van der Waals surface area contributed by atoms with Crippen LogP contribution in [0.4, 0.5) is 0 Å². The van der Waals surface area contributed by atoms with Gasteiger partial charge in [0, 0.05) is 0 Å². The van der Waals surface area contributed by atoms with Gasteiger partial charge in [0.15, 0.2) is 0 Å². The van der Waals surface area contributed by atoms with Gasteiger partial charge in [-0.1, -0.05) is 0 Å². The molecule has 14 heavy (non-hydrogen) atoms. The predicted molar refractivity (Wildman–Crippen MR) is 54.2 cm³/mol. The Hall–Kier alpha value is -0.306. The van der Waals surface area contributed by atoms with Crippen LogP contribution in [0.5, 0.6) is 0 Å². The molecule has 0 radical (unpaired) electrons. The second-order valence-corrected chi connectivity index (χ2v) is 5.55. The number of nitrogens with zero attached hydrogens (tertiary/aromatic N) is 1. The van der Waals surface area contributed by atoms with Gasteiger partial charge in [0.05, 0.1) is 0 Å². The van der Waals surface area contributed by atoms with E-state index in [1.807, 2.05) is 28.6 Å². The van der Waals surface area contributed by atoms with E-state index < -0.39 is 19.4 Å². The molecule has 0 unspecified atom stereocenters. The number of hydrogen-bond acceptors (Lipinski definition) is 1. The molecule has 0 N–H and O–H groups in total. The maximum atomic E-state index is 11.4. The van der Waals surface area contributed by atoms with Gasteiger partial charge in [0.2, 0.25) is 0 Å². The molecule has 0 bridgehead atoms. The summed E-state index contributed by atoms with van der Waals surface area (Å²) in [6.07, 6.45) is 0.439. The van der Waals surface area contributed by atoms with Crippen LogP contribution in [0.3, 0.4) is 0 Å². The van der Waals surface area contributed by atoms with Gasteiger partial charge in [0.25, 0.3) is 0 Å². The molecule has 0 saturated heterocycles. The molecule has 1 aromatic rings. The fourth-order valence-corrected chi connectivity index (χ4v) is 2.69. The number of carbonyl (C=O) groups excluding carboxylic acids is 1. The molecule has 0 aliphatic heterocycles. The van der Waals surface area contributed by atoms with Gasteiger partial charge in [0.1, 0.15) is 0 Å². The summed E-state index contributed by atoms with van der Waals surface area (Å²) in [5.74, 6) is 0.549. The van der Waals surface area contributed by atoms with Gasteiger partial charge < -0.3 is 0 Å². The fourth-order valence-electron chi connectivity index (χ4n) is 1.02. The Morgan fingerprint density at radius 2 is 2.07 bits per heavy atom. The molecule has 1 aromatic carbocycles. The van der Waals surface area contributed by atoms with Crippen molar-refractivity contribution in [2.24, 2.45) is 0 Å². The minimum atomic E-state index is -0.502. The van der Waals surface area contributed by atoms with Crippen molar-refractivity contribution in [3.05, 3.63) is 30.3 Å². The first-order valence-corrected chi connectivity index (χ1v) is 6.39. The number of halogens is 1. The number of benzene rings is 1. The van der Waals surface area contributed by atoms with Crippen LogP contribution in [0.15, 0.2) is 30.3 Å². The van der Waals surface area contributed by atoms with E-state index in [2.05, 4.69) is 12.1 Å². The standard InChI is InChI=1S/C6H5.C4H8ClNO.Ti/c1-2-4-6-5-3-1;1-6-4(7)2-3-5;/h1-5H;2-3H2,1H3,(H,6,7);/q;;+1/p-1. The van der Waals surface area contributed by atoms with E-state index in [0.717, 1.165) is 0 Å². The van der Waals surface area contributed by atoms with Crippen molar-refractivity contribution < 1.29 is 24.2 Å². The number of hydrogen-bond donors (Lipinski definition) is 0. The molecule has 2 nitrogen and oxygen atoms in total. The predicted octanol–water partition coefficient (Wildman–Crippen LogP) is 1.40. The third-order valence-corrected chi connectivity index (χ3v) is 3.78. The number of rotatable bonds is 4. The number of carbonyl (C=O) groups is 1. The Morgan fingerprint density at radius 3 is 2.64 bits per heavy atom. The van der Waals surface area contributed by atoms with Crippen molar-refractivity contribution in [1.82, 2.24) is 3.38 Å². The molecule has 0 aliphatic carbocycles. The summed E-state index contributed by atoms with van der Waals surface area (Å²) in [6.45, 7) is 0. The van der Waals surface area contributed by atoms with Gasteiger partial charge in [-0.05, 0) is 0 Å². The van der Waals surface area contributed by atoms with Crippen molar-refractivity contribution in [2.75, 3.05) is 12.9 Å². The Kier molecular flexibility index (Phi) is 5.24. The first-order chi connectivity index (χ1) is 6.74. The van der Waals surface area contributed by atoms with Gasteiger partial charge in [-0.15, -0.1) is 0 Å². The monoisotopic (exact) mass is 245 g/mol. The summed E-state index contributed by atoms with van der Waals surface area (Å²) in [5.41, 5.74) is 0. The van der Waals surface area contributed by atoms with Gasteiger partial charge in [-0.2, -0.15) is 0 Å². The van der Waals surface area contributed by atoms with Gasteiger partial charge >= 0.3 is 98.6 Å². The van der Waals surface area contributed by atoms with Crippen molar-refractivity contribution in [2.45, 2.75) is 6.42 Å². The normalized spacial score (nSPS) is 9.57. The first kappa shape index (κ1) is 11.8. The molecular formula is C10H12ClNOTi. The Morgan fingerprint density at radius 1 is 1.43 bits per heavy atom. The Bertz CT molecular complexity index is 291. The minimum absolute atomic E-state index is 0.142. The zero-order chi connectivity index (χ0) is 10.4. The average Bonchev–Trinajstić information content (AvgIpc) is 2.19. The molecular weight excluding hydrogens is 233 g/mol. The van der Waals surface area contributed by atoms with Crippen LogP contribution in [0, 0.1) is 0 Å².